The van der Waals surface area contributed by atoms with Crippen molar-refractivity contribution in [3.8, 4) is 0 Å². The van der Waals surface area contributed by atoms with Crippen LogP contribution in [0.1, 0.15) is 24.8 Å². The second-order valence-electron chi connectivity index (χ2n) is 7.00. The van der Waals surface area contributed by atoms with Crippen molar-refractivity contribution < 1.29 is 9.13 Å². The molecule has 3 heterocycles. The van der Waals surface area contributed by atoms with Gasteiger partial charge in [0.05, 0.1) is 24.4 Å². The number of nitrogens with one attached hydrogen (secondary N) is 1. The van der Waals surface area contributed by atoms with E-state index >= 15 is 0 Å². The minimum atomic E-state index is -0.117. The molecule has 2 fully saturated rings. The number of benzene rings is 1. The van der Waals surface area contributed by atoms with Crippen molar-refractivity contribution in [3.05, 3.63) is 54.2 Å². The first-order valence-electron chi connectivity index (χ1n) is 8.85. The van der Waals surface area contributed by atoms with Crippen LogP contribution in [0.5, 0.6) is 0 Å². The molecular formula is C19H23FN4O. The molecule has 1 aromatic carbocycles. The van der Waals surface area contributed by atoms with Crippen molar-refractivity contribution in [1.29, 1.82) is 0 Å². The smallest absolute Gasteiger partial charge is 0.144 e. The van der Waals surface area contributed by atoms with Crippen LogP contribution in [-0.2, 0) is 11.3 Å². The number of aromatic nitrogens is 2. The van der Waals surface area contributed by atoms with Crippen LogP contribution in [0.15, 0.2) is 42.9 Å². The molecule has 132 valence electrons. The SMILES string of the molecule is Fc1ccccc1CN1CCC2(CC1)CC(Nc1cnccn1)CO2. The molecule has 1 N–H and O–H groups in total. The van der Waals surface area contributed by atoms with E-state index in [0.29, 0.717) is 13.2 Å². The van der Waals surface area contributed by atoms with E-state index in [4.69, 9.17) is 4.74 Å². The summed E-state index contributed by atoms with van der Waals surface area (Å²) in [6.07, 6.45) is 8.05. The van der Waals surface area contributed by atoms with Crippen molar-refractivity contribution in [1.82, 2.24) is 14.9 Å². The highest BCUT2D eigenvalue weighted by Crippen LogP contribution is 2.37. The highest BCUT2D eigenvalue weighted by molar-refractivity contribution is 5.32. The Morgan fingerprint density at radius 2 is 2.08 bits per heavy atom. The Labute approximate surface area is 147 Å². The Balaban J connectivity index is 1.30. The first-order valence-corrected chi connectivity index (χ1v) is 8.85. The summed E-state index contributed by atoms with van der Waals surface area (Å²) < 4.78 is 20.0. The van der Waals surface area contributed by atoms with Crippen LogP contribution in [0.25, 0.3) is 0 Å². The van der Waals surface area contributed by atoms with Gasteiger partial charge >= 0.3 is 0 Å². The lowest BCUT2D eigenvalue weighted by Crippen LogP contribution is -2.44. The van der Waals surface area contributed by atoms with Crippen molar-refractivity contribution in [2.45, 2.75) is 37.5 Å². The van der Waals surface area contributed by atoms with Crippen molar-refractivity contribution in [2.24, 2.45) is 0 Å². The Bertz CT molecular complexity index is 704. The van der Waals surface area contributed by atoms with Gasteiger partial charge in [-0.05, 0) is 25.3 Å². The van der Waals surface area contributed by atoms with Crippen molar-refractivity contribution in [2.75, 3.05) is 25.0 Å². The third-order valence-corrected chi connectivity index (χ3v) is 5.24. The lowest BCUT2D eigenvalue weighted by molar-refractivity contribution is -0.0449. The van der Waals surface area contributed by atoms with Gasteiger partial charge in [0.2, 0.25) is 0 Å². The molecule has 0 radical (unpaired) electrons. The number of halogens is 1. The van der Waals surface area contributed by atoms with Gasteiger partial charge in [-0.3, -0.25) is 9.88 Å². The lowest BCUT2D eigenvalue weighted by atomic mass is 9.87. The fourth-order valence-electron chi connectivity index (χ4n) is 3.85. The summed E-state index contributed by atoms with van der Waals surface area (Å²) >= 11 is 0. The summed E-state index contributed by atoms with van der Waals surface area (Å²) in [6, 6.07) is 7.30. The van der Waals surface area contributed by atoms with Gasteiger partial charge in [0.15, 0.2) is 0 Å². The van der Waals surface area contributed by atoms with E-state index < -0.39 is 0 Å². The Hall–Kier alpha value is -2.05. The number of nitrogens with zero attached hydrogens (tertiary/aromatic N) is 3. The maximum absolute atomic E-state index is 13.8. The van der Waals surface area contributed by atoms with Crippen LogP contribution in [0, 0.1) is 5.82 Å². The van der Waals surface area contributed by atoms with Gasteiger partial charge in [-0.15, -0.1) is 0 Å². The van der Waals surface area contributed by atoms with Gasteiger partial charge in [0.1, 0.15) is 11.6 Å². The third kappa shape index (κ3) is 3.80. The quantitative estimate of drug-likeness (QED) is 0.926. The van der Waals surface area contributed by atoms with Gasteiger partial charge in [0, 0.05) is 37.6 Å². The van der Waals surface area contributed by atoms with Gasteiger partial charge in [-0.2, -0.15) is 0 Å². The summed E-state index contributed by atoms with van der Waals surface area (Å²) in [6.45, 7) is 3.24. The highest BCUT2D eigenvalue weighted by atomic mass is 19.1. The molecule has 25 heavy (non-hydrogen) atoms. The van der Waals surface area contributed by atoms with E-state index in [-0.39, 0.29) is 17.5 Å². The van der Waals surface area contributed by atoms with E-state index in [1.165, 1.54) is 6.07 Å². The normalized spacial score (nSPS) is 23.0. The van der Waals surface area contributed by atoms with E-state index in [1.807, 2.05) is 12.1 Å². The molecule has 1 aromatic heterocycles. The minimum Gasteiger partial charge on any atom is -0.373 e. The standard InChI is InChI=1S/C19H23FN4O/c20-17-4-2-1-3-15(17)13-24-9-5-19(6-10-24)11-16(14-25-19)23-18-12-21-7-8-22-18/h1-4,7-8,12,16H,5-6,9-11,13-14H2,(H,22,23). The fourth-order valence-corrected chi connectivity index (χ4v) is 3.85. The number of anilines is 1. The largest absolute Gasteiger partial charge is 0.373 e. The average Bonchev–Trinajstić information content (AvgIpc) is 3.02. The zero-order valence-corrected chi connectivity index (χ0v) is 14.2. The van der Waals surface area contributed by atoms with E-state index in [1.54, 1.807) is 24.7 Å². The van der Waals surface area contributed by atoms with Gasteiger partial charge in [-0.25, -0.2) is 9.37 Å². The Kier molecular flexibility index (Phi) is 4.63. The van der Waals surface area contributed by atoms with Crippen molar-refractivity contribution in [3.63, 3.8) is 0 Å². The first-order chi connectivity index (χ1) is 12.2. The molecule has 6 heteroatoms. The highest BCUT2D eigenvalue weighted by Gasteiger charge is 2.42. The molecule has 1 spiro atoms. The molecule has 0 amide bonds. The van der Waals surface area contributed by atoms with Crippen LogP contribution in [0.4, 0.5) is 10.2 Å². The number of hydrogen-bond acceptors (Lipinski definition) is 5. The molecule has 5 nitrogen and oxygen atoms in total. The number of hydrogen-bond donors (Lipinski definition) is 1. The van der Waals surface area contributed by atoms with Crippen LogP contribution < -0.4 is 5.32 Å². The second kappa shape index (κ2) is 7.06. The van der Waals surface area contributed by atoms with E-state index in [9.17, 15) is 4.39 Å². The molecule has 1 unspecified atom stereocenters. The number of rotatable bonds is 4. The molecule has 0 bridgehead atoms. The number of piperidine rings is 1. The molecule has 0 saturated carbocycles. The fraction of sp³-hybridized carbons (Fsp3) is 0.474. The van der Waals surface area contributed by atoms with Gasteiger partial charge in [-0.1, -0.05) is 18.2 Å². The molecule has 1 atom stereocenters. The molecule has 4 rings (SSSR count). The van der Waals surface area contributed by atoms with E-state index in [2.05, 4.69) is 20.2 Å². The summed E-state index contributed by atoms with van der Waals surface area (Å²) in [5.41, 5.74) is 0.721. The van der Waals surface area contributed by atoms with Crippen LogP contribution in [-0.4, -0.2) is 46.2 Å². The zero-order chi connectivity index (χ0) is 17.1. The zero-order valence-electron chi connectivity index (χ0n) is 14.2. The summed E-state index contributed by atoms with van der Waals surface area (Å²) in [5, 5.41) is 3.41. The number of ether oxygens (including phenoxy) is 1. The van der Waals surface area contributed by atoms with Crippen LogP contribution in [0.3, 0.4) is 0 Å². The van der Waals surface area contributed by atoms with Gasteiger partial charge < -0.3 is 10.1 Å². The van der Waals surface area contributed by atoms with Gasteiger partial charge in [0.25, 0.3) is 0 Å². The van der Waals surface area contributed by atoms with E-state index in [0.717, 1.165) is 43.7 Å². The van der Waals surface area contributed by atoms with Crippen LogP contribution in [0.2, 0.25) is 0 Å². The first kappa shape index (κ1) is 16.4. The van der Waals surface area contributed by atoms with Crippen LogP contribution >= 0.6 is 0 Å². The maximum Gasteiger partial charge on any atom is 0.144 e. The summed E-state index contributed by atoms with van der Waals surface area (Å²) in [4.78, 5) is 10.7. The summed E-state index contributed by atoms with van der Waals surface area (Å²) in [5.74, 6) is 0.679. The second-order valence-corrected chi connectivity index (χ2v) is 7.00. The number of likely N-dealkylation sites (tertiary alicyclic amines) is 1. The Morgan fingerprint density at radius 3 is 2.84 bits per heavy atom. The average molecular weight is 342 g/mol. The molecule has 2 aliphatic rings. The molecule has 2 aromatic rings. The summed E-state index contributed by atoms with van der Waals surface area (Å²) in [7, 11) is 0. The lowest BCUT2D eigenvalue weighted by Gasteiger charge is -2.38. The third-order valence-electron chi connectivity index (χ3n) is 5.24. The topological polar surface area (TPSA) is 50.3 Å². The molecule has 0 aliphatic carbocycles. The van der Waals surface area contributed by atoms with Crippen molar-refractivity contribution >= 4 is 5.82 Å². The Morgan fingerprint density at radius 1 is 1.24 bits per heavy atom. The predicted molar refractivity (Wildman–Crippen MR) is 93.7 cm³/mol. The molecule has 2 aliphatic heterocycles. The monoisotopic (exact) mass is 342 g/mol. The maximum atomic E-state index is 13.8. The predicted octanol–water partition coefficient (Wildman–Crippen LogP) is 2.85. The minimum absolute atomic E-state index is 0.0500. The molecule has 2 saturated heterocycles. The molecular weight excluding hydrogens is 319 g/mol.